The number of nitrogens with one attached hydrogen (secondary N) is 1. The normalized spacial score (nSPS) is 15.9. The molecule has 0 radical (unpaired) electrons. The first-order chi connectivity index (χ1) is 9.28. The third-order valence-electron chi connectivity index (χ3n) is 2.92. The Labute approximate surface area is 124 Å². The van der Waals surface area contributed by atoms with Crippen molar-refractivity contribution in [3.05, 3.63) is 6.33 Å². The van der Waals surface area contributed by atoms with Gasteiger partial charge in [0.25, 0.3) is 0 Å². The van der Waals surface area contributed by atoms with Crippen LogP contribution in [-0.4, -0.2) is 44.7 Å². The van der Waals surface area contributed by atoms with Crippen LogP contribution in [0.4, 0.5) is 0 Å². The van der Waals surface area contributed by atoms with E-state index in [2.05, 4.69) is 22.4 Å². The molecule has 0 aliphatic heterocycles. The number of aromatic nitrogens is 3. The third kappa shape index (κ3) is 4.49. The lowest BCUT2D eigenvalue weighted by atomic mass is 9.95. The van der Waals surface area contributed by atoms with Crippen molar-refractivity contribution in [1.82, 2.24) is 20.1 Å². The van der Waals surface area contributed by atoms with Gasteiger partial charge in [0.2, 0.25) is 0 Å². The molecule has 0 amide bonds. The smallest absolute Gasteiger partial charge is 0.325 e. The summed E-state index contributed by atoms with van der Waals surface area (Å²) in [6, 6.07) is 0.200. The van der Waals surface area contributed by atoms with Gasteiger partial charge < -0.3 is 9.30 Å². The molecule has 0 bridgehead atoms. The monoisotopic (exact) mass is 300 g/mol. The highest BCUT2D eigenvalue weighted by Crippen LogP contribution is 2.28. The maximum absolute atomic E-state index is 12.0. The van der Waals surface area contributed by atoms with Crippen molar-refractivity contribution >= 4 is 17.7 Å². The predicted octanol–water partition coefficient (Wildman–Crippen LogP) is 1.62. The summed E-state index contributed by atoms with van der Waals surface area (Å²) in [4.78, 5) is 12.0. The number of hydrogen-bond acceptors (Lipinski definition) is 6. The fourth-order valence-corrected chi connectivity index (χ4v) is 3.32. The van der Waals surface area contributed by atoms with E-state index in [1.165, 1.54) is 7.11 Å². The van der Waals surface area contributed by atoms with Crippen LogP contribution in [0, 0.1) is 0 Å². The maximum atomic E-state index is 12.0. The number of rotatable bonds is 7. The zero-order valence-corrected chi connectivity index (χ0v) is 13.8. The molecule has 1 heterocycles. The van der Waals surface area contributed by atoms with Crippen LogP contribution in [0.5, 0.6) is 0 Å². The molecule has 0 saturated carbocycles. The molecule has 2 atom stereocenters. The summed E-state index contributed by atoms with van der Waals surface area (Å²) < 4.78 is 6.80. The van der Waals surface area contributed by atoms with Crippen LogP contribution in [0.2, 0.25) is 0 Å². The Kier molecular flexibility index (Phi) is 6.01. The minimum Gasteiger partial charge on any atom is -0.468 e. The average molecular weight is 300 g/mol. The van der Waals surface area contributed by atoms with Gasteiger partial charge in [-0.25, -0.2) is 0 Å². The zero-order valence-electron chi connectivity index (χ0n) is 13.0. The summed E-state index contributed by atoms with van der Waals surface area (Å²) in [7, 11) is 3.32. The zero-order chi connectivity index (χ0) is 15.3. The number of hydrogen-bond donors (Lipinski definition) is 1. The Balaban J connectivity index is 2.74. The summed E-state index contributed by atoms with van der Waals surface area (Å²) in [5.41, 5.74) is -0.700. The SMILES string of the molecule is COC(=O)C(C)(CC(C)Sc1nncn1C)NC(C)C. The average Bonchev–Trinajstić information content (AvgIpc) is 2.72. The third-order valence-corrected chi connectivity index (χ3v) is 4.06. The highest BCUT2D eigenvalue weighted by molar-refractivity contribution is 7.99. The molecule has 0 saturated heterocycles. The van der Waals surface area contributed by atoms with Crippen molar-refractivity contribution in [1.29, 1.82) is 0 Å². The van der Waals surface area contributed by atoms with Gasteiger partial charge in [-0.1, -0.05) is 18.7 Å². The second-order valence-corrected chi connectivity index (χ2v) is 6.89. The second kappa shape index (κ2) is 7.08. The lowest BCUT2D eigenvalue weighted by molar-refractivity contribution is -0.148. The van der Waals surface area contributed by atoms with E-state index in [0.29, 0.717) is 6.42 Å². The van der Waals surface area contributed by atoms with Gasteiger partial charge >= 0.3 is 5.97 Å². The minimum atomic E-state index is -0.700. The van der Waals surface area contributed by atoms with E-state index in [9.17, 15) is 4.79 Å². The maximum Gasteiger partial charge on any atom is 0.325 e. The van der Waals surface area contributed by atoms with Crippen molar-refractivity contribution in [3.63, 3.8) is 0 Å². The summed E-state index contributed by atoms with van der Waals surface area (Å²) >= 11 is 1.60. The number of carbonyl (C=O) groups is 1. The molecular formula is C13H24N4O2S. The molecule has 1 rings (SSSR count). The van der Waals surface area contributed by atoms with Crippen LogP contribution in [0.15, 0.2) is 11.5 Å². The number of carbonyl (C=O) groups excluding carboxylic acids is 1. The number of nitrogens with zero attached hydrogens (tertiary/aromatic N) is 3. The Morgan fingerprint density at radius 2 is 2.20 bits per heavy atom. The van der Waals surface area contributed by atoms with Crippen molar-refractivity contribution in [2.45, 2.75) is 56.1 Å². The summed E-state index contributed by atoms with van der Waals surface area (Å²) in [6.45, 7) is 7.98. The standard InChI is InChI=1S/C13H24N4O2S/c1-9(2)15-13(4,11(18)19-6)7-10(3)20-12-16-14-8-17(12)5/h8-10,15H,7H2,1-6H3. The highest BCUT2D eigenvalue weighted by atomic mass is 32.2. The molecule has 1 N–H and O–H groups in total. The Morgan fingerprint density at radius 3 is 2.65 bits per heavy atom. The van der Waals surface area contributed by atoms with E-state index in [1.807, 2.05) is 32.4 Å². The number of aryl methyl sites for hydroxylation is 1. The van der Waals surface area contributed by atoms with Gasteiger partial charge in [-0.05, 0) is 27.2 Å². The molecule has 20 heavy (non-hydrogen) atoms. The molecule has 7 heteroatoms. The quantitative estimate of drug-likeness (QED) is 0.609. The second-order valence-electron chi connectivity index (χ2n) is 5.48. The van der Waals surface area contributed by atoms with E-state index >= 15 is 0 Å². The molecule has 6 nitrogen and oxygen atoms in total. The van der Waals surface area contributed by atoms with Gasteiger partial charge in [-0.15, -0.1) is 10.2 Å². The fourth-order valence-electron chi connectivity index (χ4n) is 2.24. The van der Waals surface area contributed by atoms with Gasteiger partial charge in [0.05, 0.1) is 7.11 Å². The molecule has 0 aliphatic rings. The molecule has 114 valence electrons. The molecule has 1 aromatic rings. The van der Waals surface area contributed by atoms with Crippen LogP contribution in [0.3, 0.4) is 0 Å². The van der Waals surface area contributed by atoms with E-state index < -0.39 is 5.54 Å². The largest absolute Gasteiger partial charge is 0.468 e. The summed E-state index contributed by atoms with van der Waals surface area (Å²) in [6.07, 6.45) is 2.32. The fraction of sp³-hybridized carbons (Fsp3) is 0.769. The van der Waals surface area contributed by atoms with Crippen molar-refractivity contribution in [2.24, 2.45) is 7.05 Å². The Morgan fingerprint density at radius 1 is 1.55 bits per heavy atom. The summed E-state index contributed by atoms with van der Waals surface area (Å²) in [5.74, 6) is -0.239. The molecular weight excluding hydrogens is 276 g/mol. The first-order valence-electron chi connectivity index (χ1n) is 6.65. The topological polar surface area (TPSA) is 69.0 Å². The van der Waals surface area contributed by atoms with Gasteiger partial charge in [0.15, 0.2) is 5.16 Å². The number of thioether (sulfide) groups is 1. The van der Waals surface area contributed by atoms with Crippen LogP contribution >= 0.6 is 11.8 Å². The van der Waals surface area contributed by atoms with Crippen molar-refractivity contribution < 1.29 is 9.53 Å². The number of methoxy groups -OCH3 is 1. The molecule has 0 aliphatic carbocycles. The van der Waals surface area contributed by atoms with Crippen molar-refractivity contribution in [2.75, 3.05) is 7.11 Å². The van der Waals surface area contributed by atoms with E-state index in [-0.39, 0.29) is 17.3 Å². The number of ether oxygens (including phenoxy) is 1. The van der Waals surface area contributed by atoms with Crippen LogP contribution in [0.1, 0.15) is 34.1 Å². The first-order valence-corrected chi connectivity index (χ1v) is 7.53. The number of esters is 1. The lowest BCUT2D eigenvalue weighted by Gasteiger charge is -2.32. The molecule has 2 unspecified atom stereocenters. The Hall–Kier alpha value is -1.08. The van der Waals surface area contributed by atoms with E-state index in [0.717, 1.165) is 5.16 Å². The lowest BCUT2D eigenvalue weighted by Crippen LogP contribution is -2.54. The van der Waals surface area contributed by atoms with Gasteiger partial charge in [0, 0.05) is 18.3 Å². The van der Waals surface area contributed by atoms with Crippen LogP contribution in [-0.2, 0) is 16.6 Å². The van der Waals surface area contributed by atoms with Gasteiger partial charge in [-0.2, -0.15) is 0 Å². The molecule has 0 fully saturated rings. The minimum absolute atomic E-state index is 0.200. The van der Waals surface area contributed by atoms with Crippen LogP contribution in [0.25, 0.3) is 0 Å². The Bertz CT molecular complexity index is 449. The van der Waals surface area contributed by atoms with E-state index in [1.54, 1.807) is 18.1 Å². The predicted molar refractivity (Wildman–Crippen MR) is 79.6 cm³/mol. The van der Waals surface area contributed by atoms with Crippen molar-refractivity contribution in [3.8, 4) is 0 Å². The first kappa shape index (κ1) is 17.0. The molecule has 1 aromatic heterocycles. The summed E-state index contributed by atoms with van der Waals surface area (Å²) in [5, 5.41) is 12.3. The molecule has 0 aromatic carbocycles. The van der Waals surface area contributed by atoms with E-state index in [4.69, 9.17) is 4.74 Å². The van der Waals surface area contributed by atoms with Gasteiger partial charge in [0.1, 0.15) is 11.9 Å². The van der Waals surface area contributed by atoms with Crippen LogP contribution < -0.4 is 5.32 Å². The van der Waals surface area contributed by atoms with Gasteiger partial charge in [-0.3, -0.25) is 10.1 Å². The molecule has 0 spiro atoms. The highest BCUT2D eigenvalue weighted by Gasteiger charge is 2.36.